The molecule has 6 heteroatoms. The maximum atomic E-state index is 12.5. The van der Waals surface area contributed by atoms with Gasteiger partial charge in [0.05, 0.1) is 0 Å². The predicted octanol–water partition coefficient (Wildman–Crippen LogP) is 1.36. The van der Waals surface area contributed by atoms with Gasteiger partial charge in [0, 0.05) is 5.56 Å². The molecule has 0 saturated heterocycles. The number of benzene rings is 1. The van der Waals surface area contributed by atoms with E-state index in [0.29, 0.717) is 0 Å². The summed E-state index contributed by atoms with van der Waals surface area (Å²) < 4.78 is 41.9. The second-order valence-electron chi connectivity index (χ2n) is 3.09. The van der Waals surface area contributed by atoms with E-state index in [2.05, 4.69) is 4.74 Å². The summed E-state index contributed by atoms with van der Waals surface area (Å²) in [5.41, 5.74) is -4.11. The lowest BCUT2D eigenvalue weighted by atomic mass is 9.95. The molecule has 0 unspecified atom stereocenters. The quantitative estimate of drug-likeness (QED) is 0.528. The van der Waals surface area contributed by atoms with Crippen molar-refractivity contribution in [1.29, 1.82) is 0 Å². The Kier molecular flexibility index (Phi) is 1.81. The third-order valence-electron chi connectivity index (χ3n) is 2.19. The van der Waals surface area contributed by atoms with E-state index in [0.717, 1.165) is 6.07 Å². The average Bonchev–Trinajstić information content (AvgIpc) is 2.40. The summed E-state index contributed by atoms with van der Waals surface area (Å²) in [4.78, 5) is 11.0. The highest BCUT2D eigenvalue weighted by molar-refractivity contribution is 5.89. The van der Waals surface area contributed by atoms with Crippen LogP contribution in [0.2, 0.25) is 0 Å². The summed E-state index contributed by atoms with van der Waals surface area (Å²) in [6.45, 7) is 0. The first-order valence-corrected chi connectivity index (χ1v) is 3.98. The lowest BCUT2D eigenvalue weighted by molar-refractivity contribution is -0.258. The number of hydrogen-bond donors (Lipinski definition) is 1. The van der Waals surface area contributed by atoms with Gasteiger partial charge in [-0.15, -0.1) is 0 Å². The van der Waals surface area contributed by atoms with Crippen LogP contribution in [0.25, 0.3) is 0 Å². The number of alkyl halides is 3. The van der Waals surface area contributed by atoms with Crippen LogP contribution in [0, 0.1) is 0 Å². The maximum Gasteiger partial charge on any atom is 0.432 e. The number of aliphatic hydroxyl groups is 1. The summed E-state index contributed by atoms with van der Waals surface area (Å²) >= 11 is 0. The van der Waals surface area contributed by atoms with Gasteiger partial charge in [-0.1, -0.05) is 18.2 Å². The first-order valence-electron chi connectivity index (χ1n) is 3.98. The highest BCUT2D eigenvalue weighted by atomic mass is 19.4. The van der Waals surface area contributed by atoms with Gasteiger partial charge in [-0.2, -0.15) is 13.2 Å². The number of esters is 1. The minimum absolute atomic E-state index is 0.262. The van der Waals surface area contributed by atoms with Crippen LogP contribution in [0.4, 0.5) is 13.2 Å². The molecule has 0 radical (unpaired) electrons. The summed E-state index contributed by atoms with van der Waals surface area (Å²) in [7, 11) is 0. The molecule has 1 N–H and O–H groups in total. The first kappa shape index (κ1) is 9.97. The molecule has 0 fully saturated rings. The molecule has 1 aromatic carbocycles. The number of ether oxygens (including phenoxy) is 1. The largest absolute Gasteiger partial charge is 0.432 e. The van der Waals surface area contributed by atoms with Gasteiger partial charge in [0.25, 0.3) is 5.60 Å². The molecule has 0 aliphatic carbocycles. The van der Waals surface area contributed by atoms with Crippen molar-refractivity contribution < 1.29 is 27.8 Å². The molecule has 0 spiro atoms. The van der Waals surface area contributed by atoms with Crippen LogP contribution in [-0.4, -0.2) is 17.3 Å². The van der Waals surface area contributed by atoms with Crippen molar-refractivity contribution in [3.05, 3.63) is 29.8 Å². The highest BCUT2D eigenvalue weighted by Gasteiger charge is 2.66. The molecular formula is C9H5F3O3. The normalized spacial score (nSPS) is 24.9. The second-order valence-corrected chi connectivity index (χ2v) is 3.09. The van der Waals surface area contributed by atoms with Crippen LogP contribution in [0.15, 0.2) is 24.3 Å². The number of rotatable bonds is 0. The van der Waals surface area contributed by atoms with Gasteiger partial charge in [0.2, 0.25) is 0 Å². The van der Waals surface area contributed by atoms with Crippen molar-refractivity contribution in [3.63, 3.8) is 0 Å². The molecule has 1 aromatic rings. The van der Waals surface area contributed by atoms with Crippen LogP contribution in [0.5, 0.6) is 5.75 Å². The molecule has 0 bridgehead atoms. The Balaban J connectivity index is 2.65. The van der Waals surface area contributed by atoms with Gasteiger partial charge in [-0.25, -0.2) is 4.79 Å². The smallest absolute Gasteiger partial charge is 0.423 e. The molecule has 1 atom stereocenters. The Labute approximate surface area is 82.1 Å². The zero-order valence-corrected chi connectivity index (χ0v) is 7.21. The number of fused-ring (bicyclic) bond motifs is 1. The van der Waals surface area contributed by atoms with Gasteiger partial charge >= 0.3 is 12.1 Å². The minimum Gasteiger partial charge on any atom is -0.423 e. The van der Waals surface area contributed by atoms with E-state index in [4.69, 9.17) is 0 Å². The molecule has 1 aliphatic heterocycles. The van der Waals surface area contributed by atoms with Crippen molar-refractivity contribution >= 4 is 5.97 Å². The first-order chi connectivity index (χ1) is 6.87. The fourth-order valence-electron chi connectivity index (χ4n) is 1.41. The Morgan fingerprint density at radius 3 is 2.47 bits per heavy atom. The van der Waals surface area contributed by atoms with E-state index in [9.17, 15) is 23.1 Å². The van der Waals surface area contributed by atoms with Crippen molar-refractivity contribution in [2.24, 2.45) is 0 Å². The van der Waals surface area contributed by atoms with E-state index < -0.39 is 23.3 Å². The van der Waals surface area contributed by atoms with Crippen molar-refractivity contribution in [1.82, 2.24) is 0 Å². The topological polar surface area (TPSA) is 46.5 Å². The molecule has 1 heterocycles. The fourth-order valence-corrected chi connectivity index (χ4v) is 1.41. The Morgan fingerprint density at radius 1 is 1.27 bits per heavy atom. The van der Waals surface area contributed by atoms with Crippen LogP contribution in [-0.2, 0) is 10.4 Å². The zero-order chi connectivity index (χ0) is 11.3. The van der Waals surface area contributed by atoms with E-state index in [1.165, 1.54) is 18.2 Å². The number of para-hydroxylation sites is 1. The van der Waals surface area contributed by atoms with E-state index >= 15 is 0 Å². The van der Waals surface area contributed by atoms with Crippen molar-refractivity contribution in [2.75, 3.05) is 0 Å². The van der Waals surface area contributed by atoms with E-state index in [-0.39, 0.29) is 5.75 Å². The molecule has 3 nitrogen and oxygen atoms in total. The lowest BCUT2D eigenvalue weighted by Crippen LogP contribution is -2.47. The highest BCUT2D eigenvalue weighted by Crippen LogP contribution is 2.47. The summed E-state index contributed by atoms with van der Waals surface area (Å²) in [5.74, 6) is -1.97. The van der Waals surface area contributed by atoms with Crippen LogP contribution < -0.4 is 4.74 Å². The SMILES string of the molecule is O=C1Oc2ccccc2[C@@]1(O)C(F)(F)F. The van der Waals surface area contributed by atoms with Gasteiger partial charge in [0.1, 0.15) is 5.75 Å². The third kappa shape index (κ3) is 1.14. The molecule has 80 valence electrons. The summed E-state index contributed by atoms with van der Waals surface area (Å²) in [5, 5.41) is 9.35. The molecular weight excluding hydrogens is 213 g/mol. The van der Waals surface area contributed by atoms with Gasteiger partial charge in [0.15, 0.2) is 0 Å². The molecule has 0 saturated carbocycles. The fraction of sp³-hybridized carbons (Fsp3) is 0.222. The molecule has 0 amide bonds. The monoisotopic (exact) mass is 218 g/mol. The van der Waals surface area contributed by atoms with Gasteiger partial charge in [-0.3, -0.25) is 0 Å². The van der Waals surface area contributed by atoms with Gasteiger partial charge < -0.3 is 9.84 Å². The number of hydrogen-bond acceptors (Lipinski definition) is 3. The molecule has 15 heavy (non-hydrogen) atoms. The molecule has 1 aliphatic rings. The third-order valence-corrected chi connectivity index (χ3v) is 2.19. The predicted molar refractivity (Wildman–Crippen MR) is 42.0 cm³/mol. The summed E-state index contributed by atoms with van der Waals surface area (Å²) in [6.07, 6.45) is -5.09. The Morgan fingerprint density at radius 2 is 1.87 bits per heavy atom. The average molecular weight is 218 g/mol. The number of carbonyl (C=O) groups is 1. The van der Waals surface area contributed by atoms with E-state index in [1.54, 1.807) is 0 Å². The summed E-state index contributed by atoms with van der Waals surface area (Å²) in [6, 6.07) is 4.90. The zero-order valence-electron chi connectivity index (χ0n) is 7.21. The number of halogens is 3. The molecule has 0 aromatic heterocycles. The number of carbonyl (C=O) groups excluding carboxylic acids is 1. The Bertz CT molecular complexity index is 427. The van der Waals surface area contributed by atoms with Crippen LogP contribution >= 0.6 is 0 Å². The molecule has 2 rings (SSSR count). The lowest BCUT2D eigenvalue weighted by Gasteiger charge is -2.21. The minimum atomic E-state index is -5.09. The standard InChI is InChI=1S/C9H5F3O3/c10-9(11,12)8(14)5-3-1-2-4-6(5)15-7(8)13/h1-4,14H/t8-/m0/s1. The Hall–Kier alpha value is -1.56. The van der Waals surface area contributed by atoms with Crippen LogP contribution in [0.3, 0.4) is 0 Å². The van der Waals surface area contributed by atoms with Crippen molar-refractivity contribution in [2.45, 2.75) is 11.8 Å². The maximum absolute atomic E-state index is 12.5. The van der Waals surface area contributed by atoms with Crippen molar-refractivity contribution in [3.8, 4) is 5.75 Å². The second kappa shape index (κ2) is 2.73. The van der Waals surface area contributed by atoms with Gasteiger partial charge in [-0.05, 0) is 6.07 Å². The van der Waals surface area contributed by atoms with Crippen LogP contribution in [0.1, 0.15) is 5.56 Å². The van der Waals surface area contributed by atoms with E-state index in [1.807, 2.05) is 0 Å².